The van der Waals surface area contributed by atoms with Gasteiger partial charge in [0.15, 0.2) is 0 Å². The van der Waals surface area contributed by atoms with E-state index in [0.29, 0.717) is 6.54 Å². The molecule has 0 amide bonds. The number of aliphatic hydroxyl groups is 1. The number of rotatable bonds is 8. The van der Waals surface area contributed by atoms with Gasteiger partial charge in [0.2, 0.25) is 0 Å². The topological polar surface area (TPSA) is 55.5 Å². The summed E-state index contributed by atoms with van der Waals surface area (Å²) in [4.78, 5) is 0. The van der Waals surface area contributed by atoms with Crippen LogP contribution in [0.5, 0.6) is 5.75 Å². The van der Waals surface area contributed by atoms with E-state index in [1.165, 1.54) is 22.3 Å². The lowest BCUT2D eigenvalue weighted by atomic mass is 9.91. The molecular weight excluding hydrogens is 250 g/mol. The van der Waals surface area contributed by atoms with Crippen LogP contribution >= 0.6 is 0 Å². The number of hydrogen-bond donors (Lipinski definition) is 2. The zero-order chi connectivity index (χ0) is 15.1. The smallest absolute Gasteiger partial charge is 0.122 e. The maximum absolute atomic E-state index is 9.24. The van der Waals surface area contributed by atoms with Crippen LogP contribution < -0.4 is 10.5 Å². The average Bonchev–Trinajstić information content (AvgIpc) is 2.45. The van der Waals surface area contributed by atoms with Crippen LogP contribution in [0, 0.1) is 26.7 Å². The van der Waals surface area contributed by atoms with Crippen molar-refractivity contribution in [2.45, 2.75) is 47.0 Å². The van der Waals surface area contributed by atoms with Crippen molar-refractivity contribution < 1.29 is 9.84 Å². The Bertz CT molecular complexity index is 425. The molecule has 0 radical (unpaired) electrons. The largest absolute Gasteiger partial charge is 0.493 e. The van der Waals surface area contributed by atoms with E-state index in [4.69, 9.17) is 10.5 Å². The van der Waals surface area contributed by atoms with Crippen molar-refractivity contribution in [2.75, 3.05) is 19.8 Å². The van der Waals surface area contributed by atoms with Crippen LogP contribution in [0.2, 0.25) is 0 Å². The average molecular weight is 279 g/mol. The zero-order valence-corrected chi connectivity index (χ0v) is 13.3. The summed E-state index contributed by atoms with van der Waals surface area (Å²) < 4.78 is 5.81. The van der Waals surface area contributed by atoms with Gasteiger partial charge >= 0.3 is 0 Å². The van der Waals surface area contributed by atoms with Crippen molar-refractivity contribution in [3.63, 3.8) is 0 Å². The van der Waals surface area contributed by atoms with E-state index < -0.39 is 0 Å². The molecule has 0 heterocycles. The molecule has 3 nitrogen and oxygen atoms in total. The van der Waals surface area contributed by atoms with E-state index in [2.05, 4.69) is 33.8 Å². The molecular formula is C17H29NO2. The van der Waals surface area contributed by atoms with Crippen molar-refractivity contribution in [1.82, 2.24) is 0 Å². The van der Waals surface area contributed by atoms with E-state index in [1.807, 2.05) is 0 Å². The molecule has 0 bridgehead atoms. The van der Waals surface area contributed by atoms with Crippen LogP contribution in [0.1, 0.15) is 42.0 Å². The lowest BCUT2D eigenvalue weighted by molar-refractivity contribution is 0.223. The number of aryl methyl sites for hydroxylation is 1. The van der Waals surface area contributed by atoms with Crippen molar-refractivity contribution in [3.05, 3.63) is 28.3 Å². The standard InChI is InChI=1S/C17H29NO2/c1-5-8-20-17-9-12(2)16(13(3)14(17)4)7-6-15(10-18)11-19/h9,15,19H,5-8,10-11,18H2,1-4H3. The summed E-state index contributed by atoms with van der Waals surface area (Å²) in [6.45, 7) is 10.0. The van der Waals surface area contributed by atoms with Crippen molar-refractivity contribution in [1.29, 1.82) is 0 Å². The van der Waals surface area contributed by atoms with Gasteiger partial charge in [-0.1, -0.05) is 6.92 Å². The summed E-state index contributed by atoms with van der Waals surface area (Å²) in [6.07, 6.45) is 2.92. The van der Waals surface area contributed by atoms with E-state index in [-0.39, 0.29) is 12.5 Å². The first-order valence-corrected chi connectivity index (χ1v) is 7.58. The number of hydrogen-bond acceptors (Lipinski definition) is 3. The molecule has 0 saturated carbocycles. The molecule has 0 spiro atoms. The number of benzene rings is 1. The van der Waals surface area contributed by atoms with Gasteiger partial charge in [-0.2, -0.15) is 0 Å². The van der Waals surface area contributed by atoms with Crippen LogP contribution in [0.4, 0.5) is 0 Å². The Morgan fingerprint density at radius 1 is 1.25 bits per heavy atom. The van der Waals surface area contributed by atoms with Gasteiger partial charge in [0, 0.05) is 6.61 Å². The Morgan fingerprint density at radius 2 is 1.95 bits per heavy atom. The Balaban J connectivity index is 2.89. The van der Waals surface area contributed by atoms with Crippen LogP contribution in [0.25, 0.3) is 0 Å². The fourth-order valence-electron chi connectivity index (χ4n) is 2.48. The van der Waals surface area contributed by atoms with Gasteiger partial charge in [0.05, 0.1) is 6.61 Å². The van der Waals surface area contributed by atoms with Crippen LogP contribution in [-0.4, -0.2) is 24.9 Å². The Hall–Kier alpha value is -1.06. The second kappa shape index (κ2) is 8.28. The van der Waals surface area contributed by atoms with Gasteiger partial charge in [-0.25, -0.2) is 0 Å². The van der Waals surface area contributed by atoms with Gasteiger partial charge in [-0.05, 0) is 80.8 Å². The Morgan fingerprint density at radius 3 is 2.50 bits per heavy atom. The van der Waals surface area contributed by atoms with Crippen molar-refractivity contribution in [3.8, 4) is 5.75 Å². The van der Waals surface area contributed by atoms with Gasteiger partial charge in [-0.15, -0.1) is 0 Å². The van der Waals surface area contributed by atoms with E-state index in [1.54, 1.807) is 0 Å². The SMILES string of the molecule is CCCOc1cc(C)c(CCC(CN)CO)c(C)c1C. The summed E-state index contributed by atoms with van der Waals surface area (Å²) in [5, 5.41) is 9.24. The molecule has 114 valence electrons. The summed E-state index contributed by atoms with van der Waals surface area (Å²) in [5.41, 5.74) is 10.8. The molecule has 0 aromatic heterocycles. The molecule has 0 fully saturated rings. The summed E-state index contributed by atoms with van der Waals surface area (Å²) in [5.74, 6) is 1.20. The highest BCUT2D eigenvalue weighted by Crippen LogP contribution is 2.29. The van der Waals surface area contributed by atoms with Crippen molar-refractivity contribution >= 4 is 0 Å². The molecule has 0 saturated heterocycles. The number of nitrogens with two attached hydrogens (primary N) is 1. The lowest BCUT2D eigenvalue weighted by Gasteiger charge is -2.19. The first-order chi connectivity index (χ1) is 9.54. The highest BCUT2D eigenvalue weighted by atomic mass is 16.5. The van der Waals surface area contributed by atoms with E-state index in [9.17, 15) is 5.11 Å². The first-order valence-electron chi connectivity index (χ1n) is 7.58. The van der Waals surface area contributed by atoms with Crippen LogP contribution in [0.3, 0.4) is 0 Å². The highest BCUT2D eigenvalue weighted by Gasteiger charge is 2.13. The van der Waals surface area contributed by atoms with Gasteiger partial charge < -0.3 is 15.6 Å². The molecule has 3 heteroatoms. The molecule has 0 aliphatic rings. The predicted octanol–water partition coefficient (Wildman–Crippen LogP) is 2.90. The Labute approximate surface area is 123 Å². The quantitative estimate of drug-likeness (QED) is 0.769. The lowest BCUT2D eigenvalue weighted by Crippen LogP contribution is -2.19. The molecule has 1 aromatic rings. The van der Waals surface area contributed by atoms with Gasteiger partial charge in [-0.3, -0.25) is 0 Å². The number of ether oxygens (including phenoxy) is 1. The van der Waals surface area contributed by atoms with E-state index >= 15 is 0 Å². The maximum atomic E-state index is 9.24. The second-order valence-corrected chi connectivity index (χ2v) is 5.59. The van der Waals surface area contributed by atoms with Crippen LogP contribution in [0.15, 0.2) is 6.07 Å². The molecule has 3 N–H and O–H groups in total. The molecule has 1 atom stereocenters. The third kappa shape index (κ3) is 4.22. The van der Waals surface area contributed by atoms with Gasteiger partial charge in [0.1, 0.15) is 5.75 Å². The third-order valence-electron chi connectivity index (χ3n) is 4.06. The normalized spacial score (nSPS) is 12.5. The minimum atomic E-state index is 0.172. The third-order valence-corrected chi connectivity index (χ3v) is 4.06. The summed E-state index contributed by atoms with van der Waals surface area (Å²) in [6, 6.07) is 2.14. The van der Waals surface area contributed by atoms with Gasteiger partial charge in [0.25, 0.3) is 0 Å². The van der Waals surface area contributed by atoms with Crippen LogP contribution in [-0.2, 0) is 6.42 Å². The van der Waals surface area contributed by atoms with E-state index in [0.717, 1.165) is 31.6 Å². The molecule has 0 aliphatic heterocycles. The first kappa shape index (κ1) is 17.0. The second-order valence-electron chi connectivity index (χ2n) is 5.59. The molecule has 20 heavy (non-hydrogen) atoms. The Kier molecular flexibility index (Phi) is 7.03. The minimum Gasteiger partial charge on any atom is -0.493 e. The molecule has 0 aliphatic carbocycles. The van der Waals surface area contributed by atoms with Crippen molar-refractivity contribution in [2.24, 2.45) is 11.7 Å². The number of aliphatic hydroxyl groups excluding tert-OH is 1. The maximum Gasteiger partial charge on any atom is 0.122 e. The molecule has 1 aromatic carbocycles. The monoisotopic (exact) mass is 279 g/mol. The minimum absolute atomic E-state index is 0.172. The molecule has 1 unspecified atom stereocenters. The fourth-order valence-corrected chi connectivity index (χ4v) is 2.48. The predicted molar refractivity (Wildman–Crippen MR) is 84.4 cm³/mol. The highest BCUT2D eigenvalue weighted by molar-refractivity contribution is 5.48. The molecule has 1 rings (SSSR count). The fraction of sp³-hybridized carbons (Fsp3) is 0.647. The summed E-state index contributed by atoms with van der Waals surface area (Å²) >= 11 is 0. The zero-order valence-electron chi connectivity index (χ0n) is 13.3. The summed E-state index contributed by atoms with van der Waals surface area (Å²) in [7, 11) is 0.